The topological polar surface area (TPSA) is 44.0 Å². The summed E-state index contributed by atoms with van der Waals surface area (Å²) in [5.74, 6) is 0.692. The maximum atomic E-state index is 6.96. The molecule has 1 atom stereocenters. The first-order valence-corrected chi connectivity index (χ1v) is 11.8. The van der Waals surface area contributed by atoms with Crippen LogP contribution in [0.15, 0.2) is 61.4 Å². The maximum Gasteiger partial charge on any atom is 0.137 e. The van der Waals surface area contributed by atoms with E-state index in [4.69, 9.17) is 11.6 Å². The van der Waals surface area contributed by atoms with E-state index in [2.05, 4.69) is 90.2 Å². The number of H-pyrrole nitrogens is 1. The van der Waals surface area contributed by atoms with E-state index in [1.807, 2.05) is 12.4 Å². The van der Waals surface area contributed by atoms with Crippen molar-refractivity contribution in [3.8, 4) is 11.1 Å². The van der Waals surface area contributed by atoms with Gasteiger partial charge in [-0.2, -0.15) is 0 Å². The SMILES string of the molecule is C=C(c1c(C)ccc(NN2CCC(C)C2)c1Cl)c1c[nH]c2ncc(-c3ccc(C)cc3)cc12. The van der Waals surface area contributed by atoms with Crippen molar-refractivity contribution in [2.24, 2.45) is 5.92 Å². The summed E-state index contributed by atoms with van der Waals surface area (Å²) in [6.07, 6.45) is 5.09. The lowest BCUT2D eigenvalue weighted by Gasteiger charge is -2.22. The predicted molar refractivity (Wildman–Crippen MR) is 140 cm³/mol. The van der Waals surface area contributed by atoms with Crippen molar-refractivity contribution in [2.75, 3.05) is 18.5 Å². The van der Waals surface area contributed by atoms with Crippen LogP contribution in [0.3, 0.4) is 0 Å². The Hall–Kier alpha value is -3.08. The number of nitrogens with one attached hydrogen (secondary N) is 2. The highest BCUT2D eigenvalue weighted by molar-refractivity contribution is 6.35. The van der Waals surface area contributed by atoms with Crippen LogP contribution in [-0.4, -0.2) is 28.1 Å². The molecule has 0 spiro atoms. The maximum absolute atomic E-state index is 6.96. The lowest BCUT2D eigenvalue weighted by molar-refractivity contribution is 0.395. The monoisotopic (exact) mass is 456 g/mol. The molecule has 0 saturated carbocycles. The van der Waals surface area contributed by atoms with Gasteiger partial charge >= 0.3 is 0 Å². The smallest absolute Gasteiger partial charge is 0.137 e. The molecule has 5 heteroatoms. The third-order valence-electron chi connectivity index (χ3n) is 6.60. The highest BCUT2D eigenvalue weighted by Gasteiger charge is 2.21. The second-order valence-electron chi connectivity index (χ2n) is 9.24. The minimum absolute atomic E-state index is 0.692. The van der Waals surface area contributed by atoms with Crippen molar-refractivity contribution in [3.63, 3.8) is 0 Å². The zero-order valence-electron chi connectivity index (χ0n) is 19.4. The Morgan fingerprint density at radius 2 is 1.94 bits per heavy atom. The Bertz CT molecular complexity index is 1340. The van der Waals surface area contributed by atoms with Gasteiger partial charge in [0.15, 0.2) is 0 Å². The van der Waals surface area contributed by atoms with Gasteiger partial charge in [-0.1, -0.05) is 61.0 Å². The van der Waals surface area contributed by atoms with E-state index in [0.717, 1.165) is 63.2 Å². The summed E-state index contributed by atoms with van der Waals surface area (Å²) in [6.45, 7) is 13.0. The van der Waals surface area contributed by atoms with Gasteiger partial charge in [0, 0.05) is 47.6 Å². The number of hydrogen-bond acceptors (Lipinski definition) is 3. The molecule has 2 N–H and O–H groups in total. The van der Waals surface area contributed by atoms with E-state index in [1.54, 1.807) is 0 Å². The molecule has 4 aromatic rings. The molecule has 0 radical (unpaired) electrons. The second kappa shape index (κ2) is 8.69. The van der Waals surface area contributed by atoms with E-state index in [1.165, 1.54) is 12.0 Å². The fraction of sp³-hybridized carbons (Fsp3) is 0.250. The van der Waals surface area contributed by atoms with Gasteiger partial charge in [0.2, 0.25) is 0 Å². The molecule has 33 heavy (non-hydrogen) atoms. The van der Waals surface area contributed by atoms with Gasteiger partial charge < -0.3 is 10.4 Å². The number of hydrazine groups is 1. The normalized spacial score (nSPS) is 16.4. The molecule has 2 aromatic carbocycles. The Kier molecular flexibility index (Phi) is 5.73. The first-order valence-electron chi connectivity index (χ1n) is 11.4. The van der Waals surface area contributed by atoms with E-state index in [9.17, 15) is 0 Å². The molecule has 1 unspecified atom stereocenters. The molecule has 5 rings (SSSR count). The number of aromatic nitrogens is 2. The highest BCUT2D eigenvalue weighted by atomic mass is 35.5. The molecule has 1 saturated heterocycles. The van der Waals surface area contributed by atoms with Crippen LogP contribution < -0.4 is 5.43 Å². The van der Waals surface area contributed by atoms with Crippen molar-refractivity contribution in [1.82, 2.24) is 15.0 Å². The third kappa shape index (κ3) is 4.17. The minimum Gasteiger partial charge on any atom is -0.346 e. The number of benzene rings is 2. The van der Waals surface area contributed by atoms with Crippen molar-refractivity contribution >= 4 is 33.9 Å². The fourth-order valence-electron chi connectivity index (χ4n) is 4.63. The van der Waals surface area contributed by atoms with Crippen LogP contribution in [0.1, 0.15) is 35.6 Å². The molecule has 2 aromatic heterocycles. The molecule has 0 bridgehead atoms. The van der Waals surface area contributed by atoms with Crippen LogP contribution in [0.25, 0.3) is 27.7 Å². The van der Waals surface area contributed by atoms with Crippen molar-refractivity contribution in [3.05, 3.63) is 88.7 Å². The largest absolute Gasteiger partial charge is 0.346 e. The van der Waals surface area contributed by atoms with Gasteiger partial charge in [-0.05, 0) is 55.0 Å². The Labute approximate surface area is 200 Å². The molecule has 3 heterocycles. The molecular formula is C28H29ClN4. The number of hydrogen-bond donors (Lipinski definition) is 2. The molecule has 168 valence electrons. The minimum atomic E-state index is 0.692. The van der Waals surface area contributed by atoms with Gasteiger partial charge in [0.1, 0.15) is 5.65 Å². The number of aryl methyl sites for hydroxylation is 2. The summed E-state index contributed by atoms with van der Waals surface area (Å²) in [4.78, 5) is 7.97. The zero-order chi connectivity index (χ0) is 23.1. The molecule has 4 nitrogen and oxygen atoms in total. The molecular weight excluding hydrogens is 428 g/mol. The van der Waals surface area contributed by atoms with E-state index < -0.39 is 0 Å². The summed E-state index contributed by atoms with van der Waals surface area (Å²) in [5, 5.41) is 3.99. The molecule has 0 amide bonds. The first kappa shape index (κ1) is 21.7. The number of aromatic amines is 1. The fourth-order valence-corrected chi connectivity index (χ4v) is 5.00. The third-order valence-corrected chi connectivity index (χ3v) is 6.99. The van der Waals surface area contributed by atoms with E-state index in [-0.39, 0.29) is 0 Å². The molecule has 1 aliphatic rings. The predicted octanol–water partition coefficient (Wildman–Crippen LogP) is 7.23. The van der Waals surface area contributed by atoms with Crippen LogP contribution in [0, 0.1) is 19.8 Å². The quantitative estimate of drug-likeness (QED) is 0.333. The van der Waals surface area contributed by atoms with Gasteiger partial charge in [-0.3, -0.25) is 0 Å². The van der Waals surface area contributed by atoms with Crippen LogP contribution in [0.5, 0.6) is 0 Å². The molecule has 1 fully saturated rings. The standard InChI is InChI=1S/C28H29ClN4/c1-17-5-8-21(9-6-17)22-13-23-24(15-31-28(23)30-14-22)20(4)26-19(3)7-10-25(27(26)29)32-33-12-11-18(2)16-33/h5-10,13-15,18,32H,4,11-12,16H2,1-3H3,(H,30,31). The van der Waals surface area contributed by atoms with Crippen molar-refractivity contribution < 1.29 is 0 Å². The van der Waals surface area contributed by atoms with Gasteiger partial charge in [-0.25, -0.2) is 9.99 Å². The first-order chi connectivity index (χ1) is 15.9. The lowest BCUT2D eigenvalue weighted by atomic mass is 9.94. The Morgan fingerprint density at radius 1 is 1.15 bits per heavy atom. The summed E-state index contributed by atoms with van der Waals surface area (Å²) in [6, 6.07) is 14.9. The number of anilines is 1. The molecule has 0 aliphatic carbocycles. The number of halogens is 1. The van der Waals surface area contributed by atoms with Gasteiger partial charge in [-0.15, -0.1) is 0 Å². The number of fused-ring (bicyclic) bond motifs is 1. The van der Waals surface area contributed by atoms with Gasteiger partial charge in [0.05, 0.1) is 10.7 Å². The molecule has 1 aliphatic heterocycles. The summed E-state index contributed by atoms with van der Waals surface area (Å²) >= 11 is 6.96. The average Bonchev–Trinajstić information content (AvgIpc) is 3.41. The van der Waals surface area contributed by atoms with Crippen LogP contribution in [-0.2, 0) is 0 Å². The highest BCUT2D eigenvalue weighted by Crippen LogP contribution is 2.39. The Balaban J connectivity index is 1.52. The van der Waals surface area contributed by atoms with E-state index in [0.29, 0.717) is 10.9 Å². The lowest BCUT2D eigenvalue weighted by Crippen LogP contribution is -2.27. The van der Waals surface area contributed by atoms with Crippen LogP contribution >= 0.6 is 11.6 Å². The Morgan fingerprint density at radius 3 is 2.67 bits per heavy atom. The van der Waals surface area contributed by atoms with Crippen LogP contribution in [0.2, 0.25) is 5.02 Å². The van der Waals surface area contributed by atoms with Gasteiger partial charge in [0.25, 0.3) is 0 Å². The van der Waals surface area contributed by atoms with Crippen molar-refractivity contribution in [1.29, 1.82) is 0 Å². The summed E-state index contributed by atoms with van der Waals surface area (Å²) < 4.78 is 0. The van der Waals surface area contributed by atoms with Crippen molar-refractivity contribution in [2.45, 2.75) is 27.2 Å². The second-order valence-corrected chi connectivity index (χ2v) is 9.62. The number of rotatable bonds is 5. The zero-order valence-corrected chi connectivity index (χ0v) is 20.1. The number of pyridine rings is 1. The number of nitrogens with zero attached hydrogens (tertiary/aromatic N) is 2. The van der Waals surface area contributed by atoms with Crippen LogP contribution in [0.4, 0.5) is 5.69 Å². The van der Waals surface area contributed by atoms with E-state index >= 15 is 0 Å². The summed E-state index contributed by atoms with van der Waals surface area (Å²) in [5.41, 5.74) is 12.7. The summed E-state index contributed by atoms with van der Waals surface area (Å²) in [7, 11) is 0. The average molecular weight is 457 g/mol.